The van der Waals surface area contributed by atoms with Crippen molar-refractivity contribution in [3.05, 3.63) is 16.7 Å². The molecule has 134 valence electrons. The Bertz CT molecular complexity index is 829. The van der Waals surface area contributed by atoms with Crippen molar-refractivity contribution in [3.8, 4) is 12.1 Å². The number of rotatable bonds is 4. The van der Waals surface area contributed by atoms with E-state index in [0.29, 0.717) is 27.7 Å². The van der Waals surface area contributed by atoms with Gasteiger partial charge >= 0.3 is 0 Å². The second-order valence-corrected chi connectivity index (χ2v) is 9.27. The number of thioether (sulfide) groups is 1. The van der Waals surface area contributed by atoms with E-state index >= 15 is 0 Å². The highest BCUT2D eigenvalue weighted by atomic mass is 32.2. The number of hydrogen-bond acceptors (Lipinski definition) is 6. The molecule has 26 heavy (non-hydrogen) atoms. The van der Waals surface area contributed by atoms with Crippen LogP contribution in [0.4, 0.5) is 5.82 Å². The van der Waals surface area contributed by atoms with Gasteiger partial charge < -0.3 is 5.73 Å². The van der Waals surface area contributed by atoms with Gasteiger partial charge in [0.05, 0.1) is 16.9 Å². The normalized spacial score (nSPS) is 31.4. The van der Waals surface area contributed by atoms with Crippen molar-refractivity contribution in [2.75, 3.05) is 11.5 Å². The first kappa shape index (κ1) is 17.4. The van der Waals surface area contributed by atoms with Crippen molar-refractivity contribution in [2.45, 2.75) is 50.5 Å². The maximum atomic E-state index is 13.1. The SMILES string of the molecule is Cc1c(C#N)c(N)nc(SCC(=O)C23CC4CC(CC(C4)C2)C3)c1C#N. The quantitative estimate of drug-likeness (QED) is 0.817. The highest BCUT2D eigenvalue weighted by molar-refractivity contribution is 8.00. The third-order valence-electron chi connectivity index (χ3n) is 6.64. The van der Waals surface area contributed by atoms with Gasteiger partial charge in [0.1, 0.15) is 28.8 Å². The Labute approximate surface area is 158 Å². The summed E-state index contributed by atoms with van der Waals surface area (Å²) in [7, 11) is 0. The van der Waals surface area contributed by atoms with Gasteiger partial charge in [-0.3, -0.25) is 4.79 Å². The lowest BCUT2D eigenvalue weighted by molar-refractivity contribution is -0.141. The molecule has 0 radical (unpaired) electrons. The predicted octanol–water partition coefficient (Wildman–Crippen LogP) is 3.59. The lowest BCUT2D eigenvalue weighted by Crippen LogP contribution is -2.50. The number of nitrogens with zero attached hydrogens (tertiary/aromatic N) is 3. The molecule has 5 rings (SSSR count). The van der Waals surface area contributed by atoms with Crippen LogP contribution < -0.4 is 5.73 Å². The lowest BCUT2D eigenvalue weighted by atomic mass is 9.48. The van der Waals surface area contributed by atoms with Crippen LogP contribution in [0.25, 0.3) is 0 Å². The van der Waals surface area contributed by atoms with Crippen LogP contribution in [0.3, 0.4) is 0 Å². The minimum Gasteiger partial charge on any atom is -0.383 e. The number of aromatic nitrogens is 1. The van der Waals surface area contributed by atoms with Crippen molar-refractivity contribution in [3.63, 3.8) is 0 Å². The Hall–Kier alpha value is -2.05. The zero-order valence-electron chi connectivity index (χ0n) is 14.9. The standard InChI is InChI=1S/C20H22N4OS/c1-11-15(8-21)18(23)24-19(16(11)9-22)26-10-17(25)20-5-12-2-13(6-20)4-14(3-12)7-20/h12-14H,2-7,10H2,1H3,(H2,23,24). The third kappa shape index (κ3) is 2.68. The number of carbonyl (C=O) groups is 1. The van der Waals surface area contributed by atoms with E-state index in [0.717, 1.165) is 37.0 Å². The predicted molar refractivity (Wildman–Crippen MR) is 99.2 cm³/mol. The highest BCUT2D eigenvalue weighted by Crippen LogP contribution is 2.60. The summed E-state index contributed by atoms with van der Waals surface area (Å²) >= 11 is 1.30. The van der Waals surface area contributed by atoms with E-state index in [1.165, 1.54) is 31.0 Å². The summed E-state index contributed by atoms with van der Waals surface area (Å²) in [6.45, 7) is 1.71. The molecule has 0 saturated heterocycles. The molecule has 4 saturated carbocycles. The molecule has 1 aromatic rings. The summed E-state index contributed by atoms with van der Waals surface area (Å²) in [5.74, 6) is 2.97. The number of hydrogen-bond donors (Lipinski definition) is 1. The molecule has 4 fully saturated rings. The minimum absolute atomic E-state index is 0.133. The second kappa shape index (κ2) is 6.28. The van der Waals surface area contributed by atoms with Gasteiger partial charge in [0, 0.05) is 5.41 Å². The Morgan fingerprint density at radius 1 is 1.15 bits per heavy atom. The summed E-state index contributed by atoms with van der Waals surface area (Å²) in [4.78, 5) is 17.4. The van der Waals surface area contributed by atoms with E-state index in [2.05, 4.69) is 11.1 Å². The maximum Gasteiger partial charge on any atom is 0.149 e. The minimum atomic E-state index is -0.137. The summed E-state index contributed by atoms with van der Waals surface area (Å²) in [6.07, 6.45) is 7.07. The molecule has 4 aliphatic rings. The van der Waals surface area contributed by atoms with Crippen LogP contribution in [0.2, 0.25) is 0 Å². The first-order valence-corrected chi connectivity index (χ1v) is 10.2. The maximum absolute atomic E-state index is 13.1. The van der Waals surface area contributed by atoms with Crippen molar-refractivity contribution in [1.29, 1.82) is 10.5 Å². The number of nitriles is 2. The number of ketones is 1. The molecule has 0 unspecified atom stereocenters. The zero-order valence-corrected chi connectivity index (χ0v) is 15.7. The molecule has 0 aromatic carbocycles. The van der Waals surface area contributed by atoms with E-state index in [1.807, 2.05) is 6.07 Å². The second-order valence-electron chi connectivity index (χ2n) is 8.31. The molecule has 5 nitrogen and oxygen atoms in total. The number of nitrogen functional groups attached to an aromatic ring is 1. The Kier molecular flexibility index (Phi) is 4.20. The van der Waals surface area contributed by atoms with Gasteiger partial charge in [0.15, 0.2) is 0 Å². The fourth-order valence-electron chi connectivity index (χ4n) is 5.82. The van der Waals surface area contributed by atoms with Crippen LogP contribution in [0.15, 0.2) is 5.03 Å². The first-order chi connectivity index (χ1) is 12.5. The lowest BCUT2D eigenvalue weighted by Gasteiger charge is -2.56. The highest BCUT2D eigenvalue weighted by Gasteiger charge is 2.54. The number of nitrogens with two attached hydrogens (primary N) is 1. The van der Waals surface area contributed by atoms with Crippen LogP contribution >= 0.6 is 11.8 Å². The molecule has 2 N–H and O–H groups in total. The molecular formula is C20H22N4OS. The average Bonchev–Trinajstić information content (AvgIpc) is 2.58. The molecule has 6 heteroatoms. The van der Waals surface area contributed by atoms with E-state index in [-0.39, 0.29) is 16.8 Å². The fourth-order valence-corrected chi connectivity index (χ4v) is 6.90. The molecule has 0 amide bonds. The molecule has 0 aliphatic heterocycles. The summed E-state index contributed by atoms with van der Waals surface area (Å²) < 4.78 is 0. The van der Waals surface area contributed by atoms with Gasteiger partial charge in [-0.15, -0.1) is 0 Å². The number of anilines is 1. The average molecular weight is 366 g/mol. The zero-order chi connectivity index (χ0) is 18.5. The molecule has 0 spiro atoms. The van der Waals surface area contributed by atoms with Gasteiger partial charge in [0.2, 0.25) is 0 Å². The Morgan fingerprint density at radius 2 is 1.69 bits per heavy atom. The van der Waals surface area contributed by atoms with Crippen LogP contribution in [0, 0.1) is 52.8 Å². The Morgan fingerprint density at radius 3 is 2.19 bits per heavy atom. The summed E-state index contributed by atoms with van der Waals surface area (Å²) in [5, 5.41) is 19.1. The molecule has 1 aromatic heterocycles. The monoisotopic (exact) mass is 366 g/mol. The number of pyridine rings is 1. The van der Waals surface area contributed by atoms with Gasteiger partial charge in [-0.25, -0.2) is 4.98 Å². The smallest absolute Gasteiger partial charge is 0.149 e. The molecule has 0 atom stereocenters. The van der Waals surface area contributed by atoms with Crippen molar-refractivity contribution in [2.24, 2.45) is 23.2 Å². The molecular weight excluding hydrogens is 344 g/mol. The molecule has 4 aliphatic carbocycles. The third-order valence-corrected chi connectivity index (χ3v) is 7.61. The van der Waals surface area contributed by atoms with Crippen molar-refractivity contribution in [1.82, 2.24) is 4.98 Å². The summed E-state index contributed by atoms with van der Waals surface area (Å²) in [6, 6.07) is 4.13. The largest absolute Gasteiger partial charge is 0.383 e. The van der Waals surface area contributed by atoms with E-state index in [9.17, 15) is 15.3 Å². The topological polar surface area (TPSA) is 104 Å². The van der Waals surface area contributed by atoms with Crippen LogP contribution in [-0.4, -0.2) is 16.5 Å². The van der Waals surface area contributed by atoms with Gasteiger partial charge in [-0.2, -0.15) is 10.5 Å². The van der Waals surface area contributed by atoms with Gasteiger partial charge in [-0.05, 0) is 68.8 Å². The van der Waals surface area contributed by atoms with Gasteiger partial charge in [0.25, 0.3) is 0 Å². The summed E-state index contributed by atoms with van der Waals surface area (Å²) in [5.41, 5.74) is 6.89. The van der Waals surface area contributed by atoms with Crippen LogP contribution in [-0.2, 0) is 4.79 Å². The fraction of sp³-hybridized carbons (Fsp3) is 0.600. The van der Waals surface area contributed by atoms with E-state index in [1.54, 1.807) is 6.92 Å². The van der Waals surface area contributed by atoms with Gasteiger partial charge in [-0.1, -0.05) is 11.8 Å². The van der Waals surface area contributed by atoms with E-state index < -0.39 is 0 Å². The van der Waals surface area contributed by atoms with Crippen molar-refractivity contribution < 1.29 is 4.79 Å². The Balaban J connectivity index is 1.54. The van der Waals surface area contributed by atoms with Crippen LogP contribution in [0.1, 0.15) is 55.2 Å². The number of Topliss-reactive ketones (excluding diaryl/α,β-unsaturated/α-hetero) is 1. The first-order valence-electron chi connectivity index (χ1n) is 9.22. The molecule has 1 heterocycles. The van der Waals surface area contributed by atoms with E-state index in [4.69, 9.17) is 5.73 Å². The van der Waals surface area contributed by atoms with Crippen molar-refractivity contribution >= 4 is 23.4 Å². The number of carbonyl (C=O) groups excluding carboxylic acids is 1. The molecule has 4 bridgehead atoms. The van der Waals surface area contributed by atoms with Crippen LogP contribution in [0.5, 0.6) is 0 Å².